The third-order valence-corrected chi connectivity index (χ3v) is 7.06. The van der Waals surface area contributed by atoms with Gasteiger partial charge in [-0.15, -0.1) is 0 Å². The molecule has 1 atom stereocenters. The monoisotopic (exact) mass is 537 g/mol. The maximum atomic E-state index is 13.4. The molecule has 4 aromatic rings. The second kappa shape index (κ2) is 11.2. The Hall–Kier alpha value is -4.76. The fourth-order valence-electron chi connectivity index (χ4n) is 4.81. The van der Waals surface area contributed by atoms with Crippen LogP contribution in [-0.4, -0.2) is 68.2 Å². The molecule has 40 heavy (non-hydrogen) atoms. The van der Waals surface area contributed by atoms with E-state index in [4.69, 9.17) is 9.73 Å². The number of carbonyl (C=O) groups is 3. The van der Waals surface area contributed by atoms with Gasteiger partial charge in [-0.2, -0.15) is 0 Å². The molecule has 9 heteroatoms. The van der Waals surface area contributed by atoms with Crippen molar-refractivity contribution in [3.63, 3.8) is 0 Å². The predicted octanol–water partition coefficient (Wildman–Crippen LogP) is 4.73. The Morgan fingerprint density at radius 3 is 2.42 bits per heavy atom. The summed E-state index contributed by atoms with van der Waals surface area (Å²) in [6.45, 7) is 0.673. The maximum absolute atomic E-state index is 13.4. The number of carbonyl (C=O) groups excluding carboxylic acids is 3. The van der Waals surface area contributed by atoms with E-state index < -0.39 is 11.9 Å². The lowest BCUT2D eigenvalue weighted by atomic mass is 9.89. The SMILES string of the molecule is COC(=O)c1ccc2c(c1)NC(=O)C2C(=Nc1ccc(N(C)C(=O)CCN(C)C)cc1)c1ccc2[nH]ccc2c1. The van der Waals surface area contributed by atoms with Gasteiger partial charge in [-0.05, 0) is 79.8 Å². The second-order valence-corrected chi connectivity index (χ2v) is 10.0. The molecule has 2 heterocycles. The highest BCUT2D eigenvalue weighted by Gasteiger charge is 2.36. The predicted molar refractivity (Wildman–Crippen MR) is 157 cm³/mol. The number of fused-ring (bicyclic) bond motifs is 2. The Bertz CT molecular complexity index is 1620. The number of aliphatic imine (C=N–C) groups is 1. The first-order valence-electron chi connectivity index (χ1n) is 13.0. The van der Waals surface area contributed by atoms with E-state index in [-0.39, 0.29) is 11.8 Å². The van der Waals surface area contributed by atoms with E-state index in [0.717, 1.165) is 27.7 Å². The zero-order chi connectivity index (χ0) is 28.4. The van der Waals surface area contributed by atoms with Crippen LogP contribution in [0.1, 0.15) is 33.8 Å². The van der Waals surface area contributed by atoms with Crippen LogP contribution in [0.5, 0.6) is 0 Å². The van der Waals surface area contributed by atoms with Crippen LogP contribution in [0.3, 0.4) is 0 Å². The summed E-state index contributed by atoms with van der Waals surface area (Å²) in [4.78, 5) is 49.8. The van der Waals surface area contributed by atoms with Gasteiger partial charge in [0.05, 0.1) is 24.1 Å². The van der Waals surface area contributed by atoms with E-state index in [0.29, 0.717) is 35.6 Å². The number of methoxy groups -OCH3 is 1. The molecule has 2 amide bonds. The van der Waals surface area contributed by atoms with Crippen molar-refractivity contribution in [2.24, 2.45) is 4.99 Å². The number of nitrogens with one attached hydrogen (secondary N) is 2. The van der Waals surface area contributed by atoms with Gasteiger partial charge >= 0.3 is 5.97 Å². The molecule has 5 rings (SSSR count). The molecule has 204 valence electrons. The fourth-order valence-corrected chi connectivity index (χ4v) is 4.81. The van der Waals surface area contributed by atoms with Gasteiger partial charge in [0.15, 0.2) is 0 Å². The Morgan fingerprint density at radius 2 is 1.70 bits per heavy atom. The summed E-state index contributed by atoms with van der Waals surface area (Å²) in [6.07, 6.45) is 2.29. The average molecular weight is 538 g/mol. The number of rotatable bonds is 8. The molecule has 9 nitrogen and oxygen atoms in total. The molecule has 0 saturated carbocycles. The van der Waals surface area contributed by atoms with Crippen LogP contribution < -0.4 is 10.2 Å². The van der Waals surface area contributed by atoms with Gasteiger partial charge in [0.1, 0.15) is 5.92 Å². The van der Waals surface area contributed by atoms with Crippen molar-refractivity contribution in [2.75, 3.05) is 45.0 Å². The van der Waals surface area contributed by atoms with Gasteiger partial charge in [0.25, 0.3) is 0 Å². The Kier molecular flexibility index (Phi) is 7.48. The summed E-state index contributed by atoms with van der Waals surface area (Å²) in [5.74, 6) is -1.37. The van der Waals surface area contributed by atoms with Crippen LogP contribution in [-0.2, 0) is 14.3 Å². The van der Waals surface area contributed by atoms with Gasteiger partial charge < -0.3 is 24.8 Å². The summed E-state index contributed by atoms with van der Waals surface area (Å²) >= 11 is 0. The number of hydrogen-bond donors (Lipinski definition) is 2. The van der Waals surface area contributed by atoms with Crippen molar-refractivity contribution in [1.82, 2.24) is 9.88 Å². The lowest BCUT2D eigenvalue weighted by Crippen LogP contribution is -2.29. The molecule has 0 fully saturated rings. The summed E-state index contributed by atoms with van der Waals surface area (Å²) in [7, 11) is 6.96. The number of aromatic nitrogens is 1. The fraction of sp³-hybridized carbons (Fsp3) is 0.226. The second-order valence-electron chi connectivity index (χ2n) is 10.0. The third kappa shape index (κ3) is 5.37. The van der Waals surface area contributed by atoms with Gasteiger partial charge in [0.2, 0.25) is 11.8 Å². The number of benzene rings is 3. The lowest BCUT2D eigenvalue weighted by molar-refractivity contribution is -0.118. The summed E-state index contributed by atoms with van der Waals surface area (Å²) in [5, 5.41) is 3.91. The smallest absolute Gasteiger partial charge is 0.337 e. The first-order chi connectivity index (χ1) is 19.2. The zero-order valence-electron chi connectivity index (χ0n) is 22.9. The van der Waals surface area contributed by atoms with Crippen LogP contribution in [0.25, 0.3) is 10.9 Å². The average Bonchev–Trinajstić information content (AvgIpc) is 3.56. The van der Waals surface area contributed by atoms with E-state index in [1.54, 1.807) is 30.1 Å². The first-order valence-corrected chi connectivity index (χ1v) is 13.0. The molecule has 2 N–H and O–H groups in total. The number of ether oxygens (including phenoxy) is 1. The number of amides is 2. The van der Waals surface area contributed by atoms with Gasteiger partial charge in [-0.25, -0.2) is 4.79 Å². The Morgan fingerprint density at radius 1 is 0.950 bits per heavy atom. The molecule has 1 unspecified atom stereocenters. The molecule has 1 aliphatic heterocycles. The maximum Gasteiger partial charge on any atom is 0.337 e. The van der Waals surface area contributed by atoms with Crippen LogP contribution in [0.15, 0.2) is 77.9 Å². The van der Waals surface area contributed by atoms with Crippen molar-refractivity contribution < 1.29 is 19.1 Å². The highest BCUT2D eigenvalue weighted by molar-refractivity contribution is 6.24. The molecule has 3 aromatic carbocycles. The quantitative estimate of drug-likeness (QED) is 0.250. The molecule has 1 aromatic heterocycles. The summed E-state index contributed by atoms with van der Waals surface area (Å²) in [6, 6.07) is 20.3. The highest BCUT2D eigenvalue weighted by Crippen LogP contribution is 2.37. The Labute approximate surface area is 232 Å². The normalized spacial score (nSPS) is 14.8. The number of H-pyrrole nitrogens is 1. The van der Waals surface area contributed by atoms with E-state index in [9.17, 15) is 14.4 Å². The van der Waals surface area contributed by atoms with Gasteiger partial charge in [-0.3, -0.25) is 14.6 Å². The van der Waals surface area contributed by atoms with Gasteiger partial charge in [0, 0.05) is 48.5 Å². The van der Waals surface area contributed by atoms with Gasteiger partial charge in [-0.1, -0.05) is 12.1 Å². The lowest BCUT2D eigenvalue weighted by Gasteiger charge is -2.19. The van der Waals surface area contributed by atoms with E-state index in [1.165, 1.54) is 7.11 Å². The number of aromatic amines is 1. The largest absolute Gasteiger partial charge is 0.465 e. The molecule has 0 aliphatic carbocycles. The molecule has 0 spiro atoms. The van der Waals surface area contributed by atoms with Crippen molar-refractivity contribution in [3.8, 4) is 0 Å². The van der Waals surface area contributed by atoms with Crippen LogP contribution >= 0.6 is 0 Å². The molecule has 1 aliphatic rings. The molecule has 0 radical (unpaired) electrons. The van der Waals surface area contributed by atoms with E-state index >= 15 is 0 Å². The summed E-state index contributed by atoms with van der Waals surface area (Å²) in [5.41, 5.74) is 5.41. The van der Waals surface area contributed by atoms with E-state index in [1.807, 2.05) is 73.7 Å². The minimum absolute atomic E-state index is 0.0241. The zero-order valence-corrected chi connectivity index (χ0v) is 22.9. The van der Waals surface area contributed by atoms with E-state index in [2.05, 4.69) is 10.3 Å². The molecule has 0 bridgehead atoms. The number of anilines is 2. The summed E-state index contributed by atoms with van der Waals surface area (Å²) < 4.78 is 4.84. The molecular formula is C31H31N5O4. The Balaban J connectivity index is 1.53. The highest BCUT2D eigenvalue weighted by atomic mass is 16.5. The van der Waals surface area contributed by atoms with Crippen molar-refractivity contribution >= 4 is 51.5 Å². The van der Waals surface area contributed by atoms with Crippen molar-refractivity contribution in [2.45, 2.75) is 12.3 Å². The van der Waals surface area contributed by atoms with Crippen LogP contribution in [0.4, 0.5) is 17.1 Å². The molecule has 0 saturated heterocycles. The van der Waals surface area contributed by atoms with Crippen molar-refractivity contribution in [3.05, 3.63) is 89.6 Å². The third-order valence-electron chi connectivity index (χ3n) is 7.06. The van der Waals surface area contributed by atoms with Crippen LogP contribution in [0, 0.1) is 0 Å². The minimum Gasteiger partial charge on any atom is -0.465 e. The standard InChI is InChI=1S/C31H31N5O4/c1-35(2)16-14-27(37)36(3)23-9-7-22(8-10-23)33-29(20-6-12-25-19(17-20)13-15-32-25)28-24-11-5-21(31(39)40-4)18-26(24)34-30(28)38/h5-13,15,17-18,28,32H,14,16H2,1-4H3,(H,34,38). The number of nitrogens with zero attached hydrogens (tertiary/aromatic N) is 3. The minimum atomic E-state index is -0.687. The van der Waals surface area contributed by atoms with Crippen molar-refractivity contribution in [1.29, 1.82) is 0 Å². The first kappa shape index (κ1) is 26.8. The number of esters is 1. The number of hydrogen-bond acceptors (Lipinski definition) is 6. The topological polar surface area (TPSA) is 107 Å². The molecular weight excluding hydrogens is 506 g/mol. The van der Waals surface area contributed by atoms with Crippen LogP contribution in [0.2, 0.25) is 0 Å².